The molecule has 74 valence electrons. The van der Waals surface area contributed by atoms with E-state index in [1.807, 2.05) is 4.90 Å². The second-order valence-corrected chi connectivity index (χ2v) is 3.83. The summed E-state index contributed by atoms with van der Waals surface area (Å²) in [5, 5.41) is 0. The van der Waals surface area contributed by atoms with E-state index < -0.39 is 0 Å². The van der Waals surface area contributed by atoms with Gasteiger partial charge in [-0.15, -0.1) is 0 Å². The van der Waals surface area contributed by atoms with Gasteiger partial charge in [0.1, 0.15) is 0 Å². The van der Waals surface area contributed by atoms with Crippen molar-refractivity contribution in [3.63, 3.8) is 0 Å². The summed E-state index contributed by atoms with van der Waals surface area (Å²) in [6, 6.07) is 0.742. The van der Waals surface area contributed by atoms with Gasteiger partial charge in [0, 0.05) is 25.2 Å². The molecule has 1 fully saturated rings. The molecule has 0 bridgehead atoms. The van der Waals surface area contributed by atoms with Crippen LogP contribution in [0.5, 0.6) is 0 Å². The quantitative estimate of drug-likeness (QED) is 0.558. The minimum atomic E-state index is 0.0486. The molecule has 0 aliphatic carbocycles. The number of carbonyl (C=O) groups is 1. The summed E-state index contributed by atoms with van der Waals surface area (Å²) in [5.74, 6) is 0.0486. The summed E-state index contributed by atoms with van der Waals surface area (Å²) in [7, 11) is 2.09. The summed E-state index contributed by atoms with van der Waals surface area (Å²) in [6.45, 7) is 9.47. The van der Waals surface area contributed by atoms with Gasteiger partial charge in [0.05, 0.1) is 0 Å². The molecule has 3 nitrogen and oxygen atoms in total. The first-order chi connectivity index (χ1) is 6.06. The van der Waals surface area contributed by atoms with Gasteiger partial charge < -0.3 is 4.90 Å². The van der Waals surface area contributed by atoms with Crippen molar-refractivity contribution in [3.05, 3.63) is 12.7 Å². The standard InChI is InChI=1S/C10H18N2O/c1-5-10(13)12-7-8(2)11(4)6-9(12)3/h5,8-9H,1,6-7H2,2-4H3/t8-,9-/m1/s1. The zero-order chi connectivity index (χ0) is 10.0. The maximum atomic E-state index is 11.4. The lowest BCUT2D eigenvalue weighted by Crippen LogP contribution is -2.56. The Hall–Kier alpha value is -0.830. The van der Waals surface area contributed by atoms with E-state index in [0.29, 0.717) is 12.1 Å². The molecule has 0 aromatic rings. The molecule has 1 aliphatic rings. The fourth-order valence-corrected chi connectivity index (χ4v) is 1.72. The first kappa shape index (κ1) is 10.3. The molecule has 0 aromatic carbocycles. The Kier molecular flexibility index (Phi) is 3.09. The summed E-state index contributed by atoms with van der Waals surface area (Å²) < 4.78 is 0. The largest absolute Gasteiger partial charge is 0.334 e. The average Bonchev–Trinajstić information content (AvgIpc) is 2.10. The van der Waals surface area contributed by atoms with Crippen LogP contribution in [0, 0.1) is 0 Å². The molecular formula is C10H18N2O. The first-order valence-corrected chi connectivity index (χ1v) is 4.69. The Labute approximate surface area is 80.0 Å². The van der Waals surface area contributed by atoms with Crippen molar-refractivity contribution in [2.24, 2.45) is 0 Å². The van der Waals surface area contributed by atoms with Gasteiger partial charge >= 0.3 is 0 Å². The lowest BCUT2D eigenvalue weighted by atomic mass is 10.1. The van der Waals surface area contributed by atoms with Crippen molar-refractivity contribution < 1.29 is 4.79 Å². The fourth-order valence-electron chi connectivity index (χ4n) is 1.72. The monoisotopic (exact) mass is 182 g/mol. The summed E-state index contributed by atoms with van der Waals surface area (Å²) in [4.78, 5) is 15.6. The van der Waals surface area contributed by atoms with Crippen molar-refractivity contribution >= 4 is 5.91 Å². The molecule has 1 saturated heterocycles. The van der Waals surface area contributed by atoms with Crippen LogP contribution in [0.25, 0.3) is 0 Å². The Morgan fingerprint density at radius 1 is 1.38 bits per heavy atom. The van der Waals surface area contributed by atoms with Gasteiger partial charge in [-0.05, 0) is 27.0 Å². The minimum Gasteiger partial charge on any atom is -0.334 e. The van der Waals surface area contributed by atoms with Crippen LogP contribution >= 0.6 is 0 Å². The fraction of sp³-hybridized carbons (Fsp3) is 0.700. The second kappa shape index (κ2) is 3.92. The molecular weight excluding hydrogens is 164 g/mol. The predicted octanol–water partition coefficient (Wildman–Crippen LogP) is 0.723. The SMILES string of the molecule is C=CC(=O)N1C[C@@H](C)N(C)C[C@H]1C. The first-order valence-electron chi connectivity index (χ1n) is 4.69. The van der Waals surface area contributed by atoms with Gasteiger partial charge in [0.2, 0.25) is 5.91 Å². The van der Waals surface area contributed by atoms with Crippen LogP contribution in [0.15, 0.2) is 12.7 Å². The molecule has 1 heterocycles. The van der Waals surface area contributed by atoms with E-state index in [0.717, 1.165) is 13.1 Å². The van der Waals surface area contributed by atoms with Crippen LogP contribution in [0.2, 0.25) is 0 Å². The zero-order valence-corrected chi connectivity index (χ0v) is 8.66. The van der Waals surface area contributed by atoms with E-state index in [4.69, 9.17) is 0 Å². The maximum absolute atomic E-state index is 11.4. The molecule has 13 heavy (non-hydrogen) atoms. The highest BCUT2D eigenvalue weighted by Crippen LogP contribution is 2.13. The van der Waals surface area contributed by atoms with Crippen LogP contribution in [0.1, 0.15) is 13.8 Å². The van der Waals surface area contributed by atoms with Gasteiger partial charge in [-0.1, -0.05) is 6.58 Å². The van der Waals surface area contributed by atoms with Gasteiger partial charge in [-0.2, -0.15) is 0 Å². The van der Waals surface area contributed by atoms with Crippen molar-refractivity contribution in [1.82, 2.24) is 9.80 Å². The second-order valence-electron chi connectivity index (χ2n) is 3.83. The normalized spacial score (nSPS) is 30.2. The van der Waals surface area contributed by atoms with E-state index in [9.17, 15) is 4.79 Å². The number of hydrogen-bond acceptors (Lipinski definition) is 2. The van der Waals surface area contributed by atoms with Crippen molar-refractivity contribution in [2.75, 3.05) is 20.1 Å². The minimum absolute atomic E-state index is 0.0486. The van der Waals surface area contributed by atoms with Crippen molar-refractivity contribution in [3.8, 4) is 0 Å². The molecule has 0 saturated carbocycles. The Bertz CT molecular complexity index is 215. The molecule has 1 amide bonds. The summed E-state index contributed by atoms with van der Waals surface area (Å²) >= 11 is 0. The van der Waals surface area contributed by atoms with Crippen molar-refractivity contribution in [2.45, 2.75) is 25.9 Å². The van der Waals surface area contributed by atoms with E-state index in [2.05, 4.69) is 32.4 Å². The zero-order valence-electron chi connectivity index (χ0n) is 8.66. The smallest absolute Gasteiger partial charge is 0.246 e. The molecule has 0 spiro atoms. The Morgan fingerprint density at radius 2 is 2.00 bits per heavy atom. The predicted molar refractivity (Wildman–Crippen MR) is 53.5 cm³/mol. The summed E-state index contributed by atoms with van der Waals surface area (Å²) in [6.07, 6.45) is 1.40. The average molecular weight is 182 g/mol. The third-order valence-electron chi connectivity index (χ3n) is 2.76. The van der Waals surface area contributed by atoms with Crippen molar-refractivity contribution in [1.29, 1.82) is 0 Å². The molecule has 1 rings (SSSR count). The topological polar surface area (TPSA) is 23.6 Å². The molecule has 0 radical (unpaired) electrons. The van der Waals surface area contributed by atoms with Crippen LogP contribution < -0.4 is 0 Å². The lowest BCUT2D eigenvalue weighted by molar-refractivity contribution is -0.131. The molecule has 2 atom stereocenters. The van der Waals surface area contributed by atoms with Crippen LogP contribution in [0.4, 0.5) is 0 Å². The highest BCUT2D eigenvalue weighted by Gasteiger charge is 2.28. The highest BCUT2D eigenvalue weighted by molar-refractivity contribution is 5.87. The number of hydrogen-bond donors (Lipinski definition) is 0. The van der Waals surface area contributed by atoms with E-state index in [-0.39, 0.29) is 5.91 Å². The molecule has 0 N–H and O–H groups in total. The molecule has 0 aromatic heterocycles. The highest BCUT2D eigenvalue weighted by atomic mass is 16.2. The molecule has 3 heteroatoms. The third kappa shape index (κ3) is 2.10. The van der Waals surface area contributed by atoms with Crippen LogP contribution in [-0.2, 0) is 4.79 Å². The van der Waals surface area contributed by atoms with Crippen LogP contribution in [0.3, 0.4) is 0 Å². The lowest BCUT2D eigenvalue weighted by Gasteiger charge is -2.42. The number of carbonyl (C=O) groups excluding carboxylic acids is 1. The Balaban J connectivity index is 2.66. The number of amides is 1. The Morgan fingerprint density at radius 3 is 2.54 bits per heavy atom. The maximum Gasteiger partial charge on any atom is 0.246 e. The van der Waals surface area contributed by atoms with E-state index in [1.54, 1.807) is 0 Å². The molecule has 1 aliphatic heterocycles. The number of likely N-dealkylation sites (N-methyl/N-ethyl adjacent to an activating group) is 1. The summed E-state index contributed by atoms with van der Waals surface area (Å²) in [5.41, 5.74) is 0. The van der Waals surface area contributed by atoms with Gasteiger partial charge in [-0.25, -0.2) is 0 Å². The molecule has 0 unspecified atom stereocenters. The number of piperazine rings is 1. The number of nitrogens with zero attached hydrogens (tertiary/aromatic N) is 2. The van der Waals surface area contributed by atoms with E-state index in [1.165, 1.54) is 6.08 Å². The van der Waals surface area contributed by atoms with Gasteiger partial charge in [0.25, 0.3) is 0 Å². The van der Waals surface area contributed by atoms with E-state index >= 15 is 0 Å². The van der Waals surface area contributed by atoms with Gasteiger partial charge in [-0.3, -0.25) is 9.69 Å². The third-order valence-corrected chi connectivity index (χ3v) is 2.76. The van der Waals surface area contributed by atoms with Gasteiger partial charge in [0.15, 0.2) is 0 Å². The number of rotatable bonds is 1. The van der Waals surface area contributed by atoms with Crippen LogP contribution in [-0.4, -0.2) is 47.9 Å².